The van der Waals surface area contributed by atoms with Gasteiger partial charge in [-0.1, -0.05) is 145 Å². The second-order valence-electron chi connectivity index (χ2n) is 11.3. The van der Waals surface area contributed by atoms with Gasteiger partial charge in [-0.05, 0) is 101 Å². The van der Waals surface area contributed by atoms with Crippen LogP contribution in [0.4, 0.5) is 0 Å². The average Bonchev–Trinajstić information content (AvgIpc) is 3.64. The highest BCUT2D eigenvalue weighted by Crippen LogP contribution is 2.48. The first-order chi connectivity index (χ1) is 29.1. The van der Waals surface area contributed by atoms with Gasteiger partial charge in [-0.15, -0.1) is 0 Å². The van der Waals surface area contributed by atoms with Gasteiger partial charge >= 0.3 is 0 Å². The van der Waals surface area contributed by atoms with E-state index in [-0.39, 0.29) is 50.8 Å². The lowest BCUT2D eigenvalue weighted by molar-refractivity contribution is 0.669. The summed E-state index contributed by atoms with van der Waals surface area (Å²) in [5.41, 5.74) is 3.51. The molecule has 0 unspecified atom stereocenters. The van der Waals surface area contributed by atoms with E-state index < -0.39 is 66.5 Å². The fourth-order valence-corrected chi connectivity index (χ4v) is 6.80. The second-order valence-corrected chi connectivity index (χ2v) is 11.3. The van der Waals surface area contributed by atoms with Crippen LogP contribution in [-0.2, 0) is 0 Å². The summed E-state index contributed by atoms with van der Waals surface area (Å²) in [6.07, 6.45) is 0. The summed E-state index contributed by atoms with van der Waals surface area (Å²) >= 11 is 0. The summed E-state index contributed by atoms with van der Waals surface area (Å²) < 4.78 is 128. The third-order valence-electron chi connectivity index (χ3n) is 8.80. The van der Waals surface area contributed by atoms with E-state index in [1.807, 2.05) is 66.7 Å². The minimum Gasteiger partial charge on any atom is -0.456 e. The highest BCUT2D eigenvalue weighted by molar-refractivity contribution is 6.27. The van der Waals surface area contributed by atoms with Gasteiger partial charge in [-0.3, -0.25) is 0 Å². The van der Waals surface area contributed by atoms with Crippen LogP contribution < -0.4 is 0 Å². The smallest absolute Gasteiger partial charge is 0.136 e. The molecule has 0 spiro atoms. The van der Waals surface area contributed by atoms with E-state index in [9.17, 15) is 1.37 Å². The van der Waals surface area contributed by atoms with Crippen molar-refractivity contribution in [3.05, 3.63) is 170 Å². The standard InChI is InChI=1S/C46H28O/c1-2-13-31-27-32(24-23-29(31)11-1)33-25-26-40-43(28-33)47-42-22-10-21-41(46(40)42)45-38-18-7-5-16-36(38)44(37-17-6-8-19-39(37)45)35-20-9-14-30-12-3-4-15-34(30)35/h1-28H/i1D,2D,3D,4D,9D,11D,12D,13D,14D,15D,20D,23D,24D,27D. The zero-order valence-corrected chi connectivity index (χ0v) is 24.5. The van der Waals surface area contributed by atoms with Crippen molar-refractivity contribution in [3.63, 3.8) is 0 Å². The molecule has 10 aromatic rings. The molecule has 0 fully saturated rings. The molecule has 0 aliphatic heterocycles. The van der Waals surface area contributed by atoms with E-state index >= 15 is 0 Å². The van der Waals surface area contributed by atoms with Crippen LogP contribution in [-0.4, -0.2) is 0 Å². The molecule has 10 rings (SSSR count). The molecular formula is C46H28O. The number of furan rings is 1. The van der Waals surface area contributed by atoms with Crippen molar-refractivity contribution < 1.29 is 23.6 Å². The normalized spacial score (nSPS) is 16.0. The van der Waals surface area contributed by atoms with Crippen LogP contribution in [0.5, 0.6) is 0 Å². The summed E-state index contributed by atoms with van der Waals surface area (Å²) in [6.45, 7) is 0. The van der Waals surface area contributed by atoms with Crippen LogP contribution >= 0.6 is 0 Å². The van der Waals surface area contributed by atoms with Crippen molar-refractivity contribution in [1.29, 1.82) is 0 Å². The van der Waals surface area contributed by atoms with Crippen LogP contribution in [0.25, 0.3) is 98.4 Å². The summed E-state index contributed by atoms with van der Waals surface area (Å²) in [5, 5.41) is 3.75. The van der Waals surface area contributed by atoms with Crippen LogP contribution in [0.15, 0.2) is 174 Å². The highest BCUT2D eigenvalue weighted by Gasteiger charge is 2.21. The van der Waals surface area contributed by atoms with Crippen molar-refractivity contribution >= 4 is 65.0 Å². The van der Waals surface area contributed by atoms with E-state index in [2.05, 4.69) is 0 Å². The van der Waals surface area contributed by atoms with Crippen molar-refractivity contribution in [3.8, 4) is 33.4 Å². The largest absolute Gasteiger partial charge is 0.456 e. The number of rotatable bonds is 3. The van der Waals surface area contributed by atoms with Crippen molar-refractivity contribution in [2.24, 2.45) is 0 Å². The molecule has 1 aromatic heterocycles. The van der Waals surface area contributed by atoms with Gasteiger partial charge in [-0.25, -0.2) is 0 Å². The molecule has 1 heteroatoms. The van der Waals surface area contributed by atoms with E-state index in [4.69, 9.17) is 22.2 Å². The summed E-state index contributed by atoms with van der Waals surface area (Å²) in [5.74, 6) is 0. The molecule has 0 radical (unpaired) electrons. The van der Waals surface area contributed by atoms with Crippen LogP contribution in [0.2, 0.25) is 0 Å². The monoisotopic (exact) mass is 610 g/mol. The first kappa shape index (κ1) is 15.9. The Morgan fingerprint density at radius 3 is 1.83 bits per heavy atom. The maximum absolute atomic E-state index is 9.25. The van der Waals surface area contributed by atoms with Gasteiger partial charge in [0.05, 0.1) is 19.2 Å². The number of benzene rings is 9. The molecule has 0 aliphatic carbocycles. The molecule has 1 heterocycles. The molecule has 0 saturated heterocycles. The Labute approximate surface area is 291 Å². The number of hydrogen-bond donors (Lipinski definition) is 0. The third kappa shape index (κ3) is 3.97. The minimum absolute atomic E-state index is 0.00484. The van der Waals surface area contributed by atoms with Crippen molar-refractivity contribution in [1.82, 2.24) is 0 Å². The highest BCUT2D eigenvalue weighted by atomic mass is 16.3. The summed E-state index contributed by atoms with van der Waals surface area (Å²) in [6, 6.07) is 19.6. The van der Waals surface area contributed by atoms with E-state index in [0.717, 1.165) is 27.3 Å². The van der Waals surface area contributed by atoms with Crippen LogP contribution in [0.1, 0.15) is 19.2 Å². The Kier molecular flexibility index (Phi) is 3.44. The van der Waals surface area contributed by atoms with Gasteiger partial charge < -0.3 is 4.42 Å². The zero-order valence-electron chi connectivity index (χ0n) is 38.5. The molecule has 218 valence electrons. The van der Waals surface area contributed by atoms with Gasteiger partial charge in [0, 0.05) is 10.8 Å². The van der Waals surface area contributed by atoms with Gasteiger partial charge in [-0.2, -0.15) is 0 Å². The predicted molar refractivity (Wildman–Crippen MR) is 200 cm³/mol. The Morgan fingerprint density at radius 1 is 0.404 bits per heavy atom. The molecule has 0 saturated carbocycles. The fraction of sp³-hybridized carbons (Fsp3) is 0. The van der Waals surface area contributed by atoms with Crippen LogP contribution in [0, 0.1) is 0 Å². The Hall–Kier alpha value is -6.18. The Balaban J connectivity index is 1.27. The summed E-state index contributed by atoms with van der Waals surface area (Å²) in [7, 11) is 0. The lowest BCUT2D eigenvalue weighted by Crippen LogP contribution is -1.92. The SMILES string of the molecule is [2H]c1c([2H])c([2H])c2c([2H])c(-c3ccc4c(c3)oc3cccc(-c5c6ccccc6c(-c6c([2H])c([2H])c([2H])c7c([2H])c([2H])c([2H])c([2H])c67)c6ccccc56)c34)c([2H])c([2H])c2c1[2H]. The molecule has 0 amide bonds. The molecule has 1 nitrogen and oxygen atoms in total. The molecular weight excluding hydrogens is 569 g/mol. The van der Waals surface area contributed by atoms with Gasteiger partial charge in [0.15, 0.2) is 0 Å². The van der Waals surface area contributed by atoms with E-state index in [1.165, 1.54) is 0 Å². The van der Waals surface area contributed by atoms with E-state index in [0.29, 0.717) is 38.5 Å². The quantitative estimate of drug-likeness (QED) is 0.181. The molecule has 9 aromatic carbocycles. The fourth-order valence-electron chi connectivity index (χ4n) is 6.80. The first-order valence-corrected chi connectivity index (χ1v) is 15.0. The maximum atomic E-state index is 9.25. The maximum Gasteiger partial charge on any atom is 0.136 e. The van der Waals surface area contributed by atoms with Gasteiger partial charge in [0.1, 0.15) is 11.2 Å². The van der Waals surface area contributed by atoms with Crippen molar-refractivity contribution in [2.45, 2.75) is 0 Å². The third-order valence-corrected chi connectivity index (χ3v) is 8.80. The molecule has 0 atom stereocenters. The molecule has 47 heavy (non-hydrogen) atoms. The second kappa shape index (κ2) is 10.2. The molecule has 0 bridgehead atoms. The van der Waals surface area contributed by atoms with Gasteiger partial charge in [0.2, 0.25) is 0 Å². The minimum atomic E-state index is -0.539. The Morgan fingerprint density at radius 2 is 1.06 bits per heavy atom. The lowest BCUT2D eigenvalue weighted by Gasteiger charge is -2.19. The number of fused-ring (bicyclic) bond motifs is 7. The van der Waals surface area contributed by atoms with Crippen molar-refractivity contribution in [2.75, 3.05) is 0 Å². The summed E-state index contributed by atoms with van der Waals surface area (Å²) in [4.78, 5) is 0. The zero-order chi connectivity index (χ0) is 43.1. The number of hydrogen-bond acceptors (Lipinski definition) is 1. The molecule has 0 N–H and O–H groups in total. The first-order valence-electron chi connectivity index (χ1n) is 22.0. The van der Waals surface area contributed by atoms with Crippen LogP contribution in [0.3, 0.4) is 0 Å². The Bertz CT molecular complexity index is 3580. The van der Waals surface area contributed by atoms with Gasteiger partial charge in [0.25, 0.3) is 0 Å². The average molecular weight is 611 g/mol. The topological polar surface area (TPSA) is 13.1 Å². The molecule has 0 aliphatic rings. The van der Waals surface area contributed by atoms with E-state index in [1.54, 1.807) is 18.2 Å². The lowest BCUT2D eigenvalue weighted by atomic mass is 9.84. The predicted octanol–water partition coefficient (Wildman–Crippen LogP) is 13.2.